The van der Waals surface area contributed by atoms with E-state index in [0.717, 1.165) is 12.8 Å². The number of carbonyl (C=O) groups is 2. The molecule has 0 radical (unpaired) electrons. The van der Waals surface area contributed by atoms with Gasteiger partial charge in [0.05, 0.1) is 19.6 Å². The highest BCUT2D eigenvalue weighted by Gasteiger charge is 2.26. The Balaban J connectivity index is 2.11. The minimum atomic E-state index is -4.34. The van der Waals surface area contributed by atoms with Crippen LogP contribution in [0.5, 0.6) is 0 Å². The van der Waals surface area contributed by atoms with Crippen molar-refractivity contribution in [2.45, 2.75) is 19.0 Å². The Bertz CT molecular complexity index is 301. The zero-order valence-electron chi connectivity index (χ0n) is 9.85. The topological polar surface area (TPSA) is 61.4 Å². The zero-order valence-corrected chi connectivity index (χ0v) is 9.85. The quantitative estimate of drug-likeness (QED) is 0.730. The van der Waals surface area contributed by atoms with Gasteiger partial charge in [-0.05, 0) is 12.8 Å². The van der Waals surface area contributed by atoms with Crippen molar-refractivity contribution in [2.24, 2.45) is 0 Å². The van der Waals surface area contributed by atoms with E-state index in [0.29, 0.717) is 13.1 Å². The summed E-state index contributed by atoms with van der Waals surface area (Å²) in [5, 5.41) is 4.24. The number of rotatable bonds is 5. The van der Waals surface area contributed by atoms with E-state index >= 15 is 0 Å². The molecular weight excluding hydrogens is 251 g/mol. The van der Waals surface area contributed by atoms with Gasteiger partial charge in [0.15, 0.2) is 0 Å². The van der Waals surface area contributed by atoms with E-state index in [1.165, 1.54) is 0 Å². The van der Waals surface area contributed by atoms with Crippen molar-refractivity contribution in [3.63, 3.8) is 0 Å². The highest BCUT2D eigenvalue weighted by atomic mass is 19.4. The van der Waals surface area contributed by atoms with Crippen molar-refractivity contribution in [1.82, 2.24) is 15.5 Å². The highest BCUT2D eigenvalue weighted by Crippen LogP contribution is 2.11. The van der Waals surface area contributed by atoms with E-state index in [1.807, 2.05) is 5.32 Å². The number of halogens is 3. The number of hydrogen-bond donors (Lipinski definition) is 2. The molecule has 5 nitrogen and oxygen atoms in total. The van der Waals surface area contributed by atoms with Gasteiger partial charge in [-0.15, -0.1) is 0 Å². The third-order valence-corrected chi connectivity index (χ3v) is 2.51. The van der Waals surface area contributed by atoms with E-state index in [1.54, 1.807) is 4.90 Å². The lowest BCUT2D eigenvalue weighted by molar-refractivity contribution is -0.133. The first-order valence-electron chi connectivity index (χ1n) is 5.70. The summed E-state index contributed by atoms with van der Waals surface area (Å²) in [6.07, 6.45) is -2.44. The molecular formula is C10H16F3N3O2. The molecule has 1 saturated heterocycles. The van der Waals surface area contributed by atoms with Crippen LogP contribution in [0.1, 0.15) is 12.8 Å². The summed E-state index contributed by atoms with van der Waals surface area (Å²) in [6, 6.07) is 0. The van der Waals surface area contributed by atoms with Crippen LogP contribution in [-0.2, 0) is 9.59 Å². The molecule has 0 aromatic heterocycles. The maximum absolute atomic E-state index is 11.8. The van der Waals surface area contributed by atoms with Gasteiger partial charge in [-0.2, -0.15) is 13.2 Å². The number of nitrogens with zero attached hydrogens (tertiary/aromatic N) is 1. The van der Waals surface area contributed by atoms with Crippen molar-refractivity contribution in [3.05, 3.63) is 0 Å². The summed E-state index contributed by atoms with van der Waals surface area (Å²) in [6.45, 7) is -0.470. The van der Waals surface area contributed by atoms with Crippen molar-refractivity contribution in [1.29, 1.82) is 0 Å². The van der Waals surface area contributed by atoms with E-state index in [-0.39, 0.29) is 12.5 Å². The molecule has 1 rings (SSSR count). The number of amides is 2. The minimum absolute atomic E-state index is 0.160. The highest BCUT2D eigenvalue weighted by molar-refractivity contribution is 5.85. The molecule has 0 unspecified atom stereocenters. The fourth-order valence-corrected chi connectivity index (χ4v) is 1.63. The first-order chi connectivity index (χ1) is 8.38. The maximum atomic E-state index is 11.8. The Hall–Kier alpha value is -1.31. The summed E-state index contributed by atoms with van der Waals surface area (Å²) >= 11 is 0. The van der Waals surface area contributed by atoms with Gasteiger partial charge in [-0.3, -0.25) is 9.59 Å². The third kappa shape index (κ3) is 5.85. The SMILES string of the molecule is O=C(CNCC(F)(F)F)NCC(=O)N1CCCC1. The first kappa shape index (κ1) is 14.7. The largest absolute Gasteiger partial charge is 0.401 e. The van der Waals surface area contributed by atoms with Crippen molar-refractivity contribution >= 4 is 11.8 Å². The van der Waals surface area contributed by atoms with Crippen molar-refractivity contribution < 1.29 is 22.8 Å². The molecule has 0 aromatic carbocycles. The van der Waals surface area contributed by atoms with E-state index < -0.39 is 25.2 Å². The molecule has 1 fully saturated rings. The average Bonchev–Trinajstić information content (AvgIpc) is 2.77. The van der Waals surface area contributed by atoms with Gasteiger partial charge in [0.1, 0.15) is 0 Å². The van der Waals surface area contributed by atoms with Crippen LogP contribution in [0.2, 0.25) is 0 Å². The molecule has 0 atom stereocenters. The van der Waals surface area contributed by atoms with Gasteiger partial charge < -0.3 is 15.5 Å². The molecule has 0 spiro atoms. The van der Waals surface area contributed by atoms with Crippen LogP contribution in [0.4, 0.5) is 13.2 Å². The van der Waals surface area contributed by atoms with Crippen LogP contribution in [0.3, 0.4) is 0 Å². The monoisotopic (exact) mass is 267 g/mol. The molecule has 2 amide bonds. The number of carbonyl (C=O) groups excluding carboxylic acids is 2. The standard InChI is InChI=1S/C10H16F3N3O2/c11-10(12,13)7-14-5-8(17)15-6-9(18)16-3-1-2-4-16/h14H,1-7H2,(H,15,17). The molecule has 18 heavy (non-hydrogen) atoms. The lowest BCUT2D eigenvalue weighted by Crippen LogP contribution is -2.43. The fraction of sp³-hybridized carbons (Fsp3) is 0.800. The lowest BCUT2D eigenvalue weighted by Gasteiger charge is -2.15. The Morgan fingerprint density at radius 2 is 1.72 bits per heavy atom. The van der Waals surface area contributed by atoms with Crippen LogP contribution >= 0.6 is 0 Å². The van der Waals surface area contributed by atoms with Crippen LogP contribution in [0.25, 0.3) is 0 Å². The molecule has 0 saturated carbocycles. The molecule has 2 N–H and O–H groups in total. The number of nitrogens with one attached hydrogen (secondary N) is 2. The van der Waals surface area contributed by atoms with E-state index in [2.05, 4.69) is 5.32 Å². The first-order valence-corrected chi connectivity index (χ1v) is 5.70. The summed E-state index contributed by atoms with van der Waals surface area (Å²) in [4.78, 5) is 24.3. The number of likely N-dealkylation sites (tertiary alicyclic amines) is 1. The minimum Gasteiger partial charge on any atom is -0.346 e. The van der Waals surface area contributed by atoms with Gasteiger partial charge >= 0.3 is 6.18 Å². The Kier molecular flexibility index (Phi) is 5.39. The van der Waals surface area contributed by atoms with Gasteiger partial charge in [0.25, 0.3) is 0 Å². The second-order valence-corrected chi connectivity index (χ2v) is 4.08. The zero-order chi connectivity index (χ0) is 13.6. The molecule has 8 heteroatoms. The lowest BCUT2D eigenvalue weighted by atomic mass is 10.4. The summed E-state index contributed by atoms with van der Waals surface area (Å²) in [5.41, 5.74) is 0. The Morgan fingerprint density at radius 1 is 1.11 bits per heavy atom. The van der Waals surface area contributed by atoms with E-state index in [4.69, 9.17) is 0 Å². The van der Waals surface area contributed by atoms with Crippen LogP contribution in [-0.4, -0.2) is 55.6 Å². The van der Waals surface area contributed by atoms with E-state index in [9.17, 15) is 22.8 Å². The third-order valence-electron chi connectivity index (χ3n) is 2.51. The molecule has 104 valence electrons. The summed E-state index contributed by atoms with van der Waals surface area (Å²) < 4.78 is 35.3. The van der Waals surface area contributed by atoms with Crippen LogP contribution < -0.4 is 10.6 Å². The predicted octanol–water partition coefficient (Wildman–Crippen LogP) is -0.123. The molecule has 0 aliphatic carbocycles. The second kappa shape index (κ2) is 6.58. The van der Waals surface area contributed by atoms with Crippen LogP contribution in [0.15, 0.2) is 0 Å². The summed E-state index contributed by atoms with van der Waals surface area (Å²) in [5.74, 6) is -0.816. The smallest absolute Gasteiger partial charge is 0.346 e. The molecule has 0 aromatic rings. The molecule has 0 bridgehead atoms. The molecule has 1 aliphatic heterocycles. The summed E-state index contributed by atoms with van der Waals surface area (Å²) in [7, 11) is 0. The van der Waals surface area contributed by atoms with Crippen molar-refractivity contribution in [3.8, 4) is 0 Å². The fourth-order valence-electron chi connectivity index (χ4n) is 1.63. The Morgan fingerprint density at radius 3 is 2.28 bits per heavy atom. The number of alkyl halides is 3. The van der Waals surface area contributed by atoms with Gasteiger partial charge in [0, 0.05) is 13.1 Å². The molecule has 1 aliphatic rings. The predicted molar refractivity (Wildman–Crippen MR) is 57.7 cm³/mol. The Labute approximate surface area is 103 Å². The molecule has 1 heterocycles. The van der Waals surface area contributed by atoms with Gasteiger partial charge in [-0.1, -0.05) is 0 Å². The van der Waals surface area contributed by atoms with Crippen molar-refractivity contribution in [2.75, 3.05) is 32.7 Å². The van der Waals surface area contributed by atoms with Crippen LogP contribution in [0, 0.1) is 0 Å². The van der Waals surface area contributed by atoms with Gasteiger partial charge in [0.2, 0.25) is 11.8 Å². The normalized spacial score (nSPS) is 15.8. The number of hydrogen-bond acceptors (Lipinski definition) is 3. The second-order valence-electron chi connectivity index (χ2n) is 4.08. The maximum Gasteiger partial charge on any atom is 0.401 e. The van der Waals surface area contributed by atoms with Gasteiger partial charge in [-0.25, -0.2) is 0 Å². The average molecular weight is 267 g/mol.